The Bertz CT molecular complexity index is 1060. The fourth-order valence-electron chi connectivity index (χ4n) is 3.12. The molecule has 0 fully saturated rings. The van der Waals surface area contributed by atoms with Crippen LogP contribution < -0.4 is 14.8 Å². The molecule has 0 aliphatic carbocycles. The highest BCUT2D eigenvalue weighted by Crippen LogP contribution is 2.29. The minimum Gasteiger partial charge on any atom is -0.493 e. The number of esters is 1. The molecule has 8 heteroatoms. The van der Waals surface area contributed by atoms with E-state index in [-0.39, 0.29) is 24.5 Å². The number of hydrogen-bond acceptors (Lipinski definition) is 5. The molecule has 3 aromatic rings. The van der Waals surface area contributed by atoms with Gasteiger partial charge < -0.3 is 19.5 Å². The summed E-state index contributed by atoms with van der Waals surface area (Å²) in [4.78, 5) is 25.5. The second-order valence-electron chi connectivity index (χ2n) is 7.05. The maximum absolute atomic E-state index is 12.9. The highest BCUT2D eigenvalue weighted by molar-refractivity contribution is 5.96. The molecule has 0 saturated carbocycles. The van der Waals surface area contributed by atoms with Crippen LogP contribution in [0.5, 0.6) is 11.5 Å². The minimum atomic E-state index is -2.99. The second kappa shape index (κ2) is 11.6. The molecule has 0 aromatic heterocycles. The monoisotopic (exact) mass is 455 g/mol. The van der Waals surface area contributed by atoms with Crippen molar-refractivity contribution >= 4 is 11.9 Å². The third-order valence-electron chi connectivity index (χ3n) is 4.73. The average molecular weight is 455 g/mol. The molecule has 3 rings (SSSR count). The molecule has 1 atom stereocenters. The fraction of sp³-hybridized carbons (Fsp3) is 0.200. The van der Waals surface area contributed by atoms with E-state index in [9.17, 15) is 18.4 Å². The predicted molar refractivity (Wildman–Crippen MR) is 117 cm³/mol. The first-order chi connectivity index (χ1) is 16.0. The average Bonchev–Trinajstić information content (AvgIpc) is 2.83. The van der Waals surface area contributed by atoms with Crippen LogP contribution in [0.2, 0.25) is 0 Å². The first-order valence-corrected chi connectivity index (χ1v) is 10.1. The van der Waals surface area contributed by atoms with E-state index in [0.717, 1.165) is 5.56 Å². The van der Waals surface area contributed by atoms with Gasteiger partial charge in [-0.05, 0) is 35.4 Å². The van der Waals surface area contributed by atoms with Gasteiger partial charge in [-0.1, -0.05) is 54.6 Å². The second-order valence-corrected chi connectivity index (χ2v) is 7.05. The summed E-state index contributed by atoms with van der Waals surface area (Å²) in [5, 5.41) is 2.73. The number of nitrogens with one attached hydrogen (secondary N) is 1. The summed E-state index contributed by atoms with van der Waals surface area (Å²) in [6, 6.07) is 21.1. The molecule has 0 spiro atoms. The van der Waals surface area contributed by atoms with E-state index in [1.807, 2.05) is 30.3 Å². The van der Waals surface area contributed by atoms with Crippen molar-refractivity contribution in [1.82, 2.24) is 5.32 Å². The van der Waals surface area contributed by atoms with Crippen molar-refractivity contribution in [2.75, 3.05) is 7.11 Å². The Balaban J connectivity index is 1.71. The summed E-state index contributed by atoms with van der Waals surface area (Å²) in [5.41, 5.74) is 1.78. The number of hydrogen-bond donors (Lipinski definition) is 1. The topological polar surface area (TPSA) is 73.9 Å². The van der Waals surface area contributed by atoms with Gasteiger partial charge in [0, 0.05) is 12.0 Å². The summed E-state index contributed by atoms with van der Waals surface area (Å²) in [6.07, 6.45) is 0.239. The molecule has 0 aliphatic heterocycles. The van der Waals surface area contributed by atoms with Gasteiger partial charge in [0.05, 0.1) is 7.11 Å². The van der Waals surface area contributed by atoms with Crippen LogP contribution in [0.25, 0.3) is 0 Å². The molecule has 0 aliphatic rings. The Morgan fingerprint density at radius 3 is 2.18 bits per heavy atom. The number of carbonyl (C=O) groups is 2. The molecule has 1 unspecified atom stereocenters. The van der Waals surface area contributed by atoms with Gasteiger partial charge in [-0.3, -0.25) is 4.79 Å². The third kappa shape index (κ3) is 7.03. The van der Waals surface area contributed by atoms with E-state index < -0.39 is 24.5 Å². The Morgan fingerprint density at radius 2 is 1.55 bits per heavy atom. The number of rotatable bonds is 10. The molecule has 3 aromatic carbocycles. The summed E-state index contributed by atoms with van der Waals surface area (Å²) >= 11 is 0. The van der Waals surface area contributed by atoms with Crippen LogP contribution in [0, 0.1) is 0 Å². The van der Waals surface area contributed by atoms with Gasteiger partial charge >= 0.3 is 12.6 Å². The lowest BCUT2D eigenvalue weighted by atomic mass is 10.1. The third-order valence-corrected chi connectivity index (χ3v) is 4.73. The molecule has 1 amide bonds. The molecular formula is C25H23F2NO5. The van der Waals surface area contributed by atoms with Crippen molar-refractivity contribution < 1.29 is 32.6 Å². The molecule has 0 heterocycles. The van der Waals surface area contributed by atoms with Crippen molar-refractivity contribution in [3.8, 4) is 11.5 Å². The zero-order valence-electron chi connectivity index (χ0n) is 17.9. The lowest BCUT2D eigenvalue weighted by Crippen LogP contribution is -2.43. The summed E-state index contributed by atoms with van der Waals surface area (Å²) in [5.74, 6) is -1.07. The molecule has 0 bridgehead atoms. The number of alkyl halides is 2. The summed E-state index contributed by atoms with van der Waals surface area (Å²) < 4.78 is 39.9. The van der Waals surface area contributed by atoms with Crippen LogP contribution in [0.3, 0.4) is 0 Å². The lowest BCUT2D eigenvalue weighted by Gasteiger charge is -2.18. The van der Waals surface area contributed by atoms with Crippen molar-refractivity contribution in [3.63, 3.8) is 0 Å². The van der Waals surface area contributed by atoms with Gasteiger partial charge in [-0.2, -0.15) is 8.78 Å². The van der Waals surface area contributed by atoms with E-state index in [2.05, 4.69) is 10.1 Å². The number of ether oxygens (including phenoxy) is 3. The Morgan fingerprint density at radius 1 is 0.879 bits per heavy atom. The smallest absolute Gasteiger partial charge is 0.387 e. The predicted octanol–water partition coefficient (Wildman–Crippen LogP) is 4.38. The number of halogens is 2. The maximum Gasteiger partial charge on any atom is 0.387 e. The first-order valence-electron chi connectivity index (χ1n) is 10.1. The Labute approximate surface area is 190 Å². The van der Waals surface area contributed by atoms with Gasteiger partial charge in [-0.15, -0.1) is 0 Å². The molecule has 1 N–H and O–H groups in total. The van der Waals surface area contributed by atoms with Crippen LogP contribution in [0.15, 0.2) is 78.9 Å². The van der Waals surface area contributed by atoms with Crippen LogP contribution >= 0.6 is 0 Å². The van der Waals surface area contributed by atoms with E-state index in [1.54, 1.807) is 30.3 Å². The zero-order valence-corrected chi connectivity index (χ0v) is 17.9. The van der Waals surface area contributed by atoms with Crippen LogP contribution in [-0.2, 0) is 22.6 Å². The van der Waals surface area contributed by atoms with Gasteiger partial charge in [0.1, 0.15) is 12.6 Å². The minimum absolute atomic E-state index is 0.0852. The van der Waals surface area contributed by atoms with Crippen molar-refractivity contribution in [3.05, 3.63) is 95.6 Å². The van der Waals surface area contributed by atoms with Crippen LogP contribution in [-0.4, -0.2) is 31.6 Å². The fourth-order valence-corrected chi connectivity index (χ4v) is 3.12. The number of carbonyl (C=O) groups excluding carboxylic acids is 2. The van der Waals surface area contributed by atoms with Gasteiger partial charge in [0.15, 0.2) is 11.5 Å². The van der Waals surface area contributed by atoms with E-state index in [1.165, 1.54) is 25.3 Å². The zero-order chi connectivity index (χ0) is 23.6. The van der Waals surface area contributed by atoms with Gasteiger partial charge in [-0.25, -0.2) is 4.79 Å². The van der Waals surface area contributed by atoms with Crippen molar-refractivity contribution in [2.45, 2.75) is 25.7 Å². The largest absolute Gasteiger partial charge is 0.493 e. The highest BCUT2D eigenvalue weighted by atomic mass is 19.3. The molecule has 0 radical (unpaired) electrons. The summed E-state index contributed by atoms with van der Waals surface area (Å²) in [7, 11) is 1.32. The quantitative estimate of drug-likeness (QED) is 0.460. The number of benzene rings is 3. The highest BCUT2D eigenvalue weighted by Gasteiger charge is 2.24. The van der Waals surface area contributed by atoms with Crippen molar-refractivity contribution in [1.29, 1.82) is 0 Å². The normalized spacial score (nSPS) is 11.5. The summed E-state index contributed by atoms with van der Waals surface area (Å²) in [6.45, 7) is -3.13. The van der Waals surface area contributed by atoms with Crippen molar-refractivity contribution in [2.24, 2.45) is 0 Å². The van der Waals surface area contributed by atoms with Gasteiger partial charge in [0.25, 0.3) is 5.91 Å². The van der Waals surface area contributed by atoms with E-state index >= 15 is 0 Å². The Kier molecular flexibility index (Phi) is 8.35. The molecular weight excluding hydrogens is 432 g/mol. The molecule has 33 heavy (non-hydrogen) atoms. The maximum atomic E-state index is 12.9. The standard InChI is InChI=1S/C25H23F2NO5/c1-31-22-15-18(12-13-21(22)33-25(26)27)16-32-24(30)20(14-17-8-4-2-5-9-17)28-23(29)19-10-6-3-7-11-19/h2-13,15,20,25H,14,16H2,1H3,(H,28,29). The first kappa shape index (κ1) is 23.7. The van der Waals surface area contributed by atoms with E-state index in [0.29, 0.717) is 11.1 Å². The van der Waals surface area contributed by atoms with Crippen LogP contribution in [0.1, 0.15) is 21.5 Å². The Hall–Kier alpha value is -3.94. The lowest BCUT2D eigenvalue weighted by molar-refractivity contribution is -0.147. The van der Waals surface area contributed by atoms with Gasteiger partial charge in [0.2, 0.25) is 0 Å². The molecule has 6 nitrogen and oxygen atoms in total. The molecule has 172 valence electrons. The number of amides is 1. The number of methoxy groups -OCH3 is 1. The van der Waals surface area contributed by atoms with Crippen LogP contribution in [0.4, 0.5) is 8.78 Å². The van der Waals surface area contributed by atoms with E-state index in [4.69, 9.17) is 9.47 Å². The SMILES string of the molecule is COc1cc(COC(=O)C(Cc2ccccc2)NC(=O)c2ccccc2)ccc1OC(F)F. The molecule has 0 saturated heterocycles.